The number of ether oxygens (including phenoxy) is 1. The highest BCUT2D eigenvalue weighted by atomic mass is 16.5. The Hall–Kier alpha value is -0.610. The predicted octanol–water partition coefficient (Wildman–Crippen LogP) is 1.31. The Morgan fingerprint density at radius 2 is 1.88 bits per heavy atom. The molecule has 0 unspecified atom stereocenters. The van der Waals surface area contributed by atoms with Gasteiger partial charge in [-0.15, -0.1) is 0 Å². The molecule has 0 spiro atoms. The highest BCUT2D eigenvalue weighted by Crippen LogP contribution is 2.01. The van der Waals surface area contributed by atoms with Crippen LogP contribution >= 0.6 is 0 Å². The normalized spacial score (nSPS) is 11.9. The predicted molar refractivity (Wildman–Crippen MR) is 66.5 cm³/mol. The maximum absolute atomic E-state index is 11.6. The first kappa shape index (κ1) is 15.4. The summed E-state index contributed by atoms with van der Waals surface area (Å²) in [5.74, 6) is 0.0536. The lowest BCUT2D eigenvalue weighted by Gasteiger charge is -2.25. The number of carbonyl (C=O) groups is 1. The minimum atomic E-state index is -0.167. The topological polar surface area (TPSA) is 50.4 Å². The molecule has 0 aliphatic heterocycles. The molecule has 0 aromatic rings. The van der Waals surface area contributed by atoms with Gasteiger partial charge in [-0.05, 0) is 26.7 Å². The zero-order chi connectivity index (χ0) is 12.6. The number of hydrogen-bond acceptors (Lipinski definition) is 3. The molecule has 1 amide bonds. The van der Waals surface area contributed by atoms with Gasteiger partial charge in [0.1, 0.15) is 0 Å². The van der Waals surface area contributed by atoms with Crippen molar-refractivity contribution >= 4 is 5.91 Å². The van der Waals surface area contributed by atoms with E-state index < -0.39 is 0 Å². The van der Waals surface area contributed by atoms with Crippen molar-refractivity contribution in [3.63, 3.8) is 0 Å². The van der Waals surface area contributed by atoms with Gasteiger partial charge in [0.05, 0.1) is 13.2 Å². The number of rotatable bonds is 8. The van der Waals surface area contributed by atoms with Crippen molar-refractivity contribution in [2.45, 2.75) is 52.1 Å². The van der Waals surface area contributed by atoms with E-state index in [9.17, 15) is 4.79 Å². The number of methoxy groups -OCH3 is 1. The van der Waals surface area contributed by atoms with Gasteiger partial charge in [-0.1, -0.05) is 13.8 Å². The van der Waals surface area contributed by atoms with Crippen LogP contribution in [-0.4, -0.2) is 37.7 Å². The standard InChI is InChI=1S/C12H26N2O2/c1-6-10(7-2)14-11(15)8-13-12(3,4)9-16-5/h10,13H,6-9H2,1-5H3,(H,14,15). The molecule has 4 heteroatoms. The van der Waals surface area contributed by atoms with Crippen LogP contribution in [0.25, 0.3) is 0 Å². The zero-order valence-corrected chi connectivity index (χ0v) is 11.2. The molecule has 96 valence electrons. The van der Waals surface area contributed by atoms with Crippen LogP contribution in [0.4, 0.5) is 0 Å². The molecular formula is C12H26N2O2. The highest BCUT2D eigenvalue weighted by molar-refractivity contribution is 5.78. The molecule has 0 aliphatic carbocycles. The van der Waals surface area contributed by atoms with Crippen LogP contribution in [0.3, 0.4) is 0 Å². The summed E-state index contributed by atoms with van der Waals surface area (Å²) in [4.78, 5) is 11.6. The van der Waals surface area contributed by atoms with Crippen molar-refractivity contribution in [2.24, 2.45) is 0 Å². The molecule has 0 aromatic heterocycles. The third kappa shape index (κ3) is 6.80. The van der Waals surface area contributed by atoms with Crippen molar-refractivity contribution in [2.75, 3.05) is 20.3 Å². The molecule has 4 nitrogen and oxygen atoms in total. The van der Waals surface area contributed by atoms with Crippen LogP contribution in [0, 0.1) is 0 Å². The van der Waals surface area contributed by atoms with E-state index in [0.717, 1.165) is 12.8 Å². The molecule has 0 saturated carbocycles. The lowest BCUT2D eigenvalue weighted by atomic mass is 10.1. The summed E-state index contributed by atoms with van der Waals surface area (Å²) in [6, 6.07) is 0.292. The Morgan fingerprint density at radius 1 is 1.31 bits per heavy atom. The maximum atomic E-state index is 11.6. The summed E-state index contributed by atoms with van der Waals surface area (Å²) >= 11 is 0. The number of hydrogen-bond donors (Lipinski definition) is 2. The van der Waals surface area contributed by atoms with E-state index in [1.54, 1.807) is 7.11 Å². The number of amides is 1. The van der Waals surface area contributed by atoms with E-state index in [1.807, 2.05) is 13.8 Å². The Kier molecular flexibility index (Phi) is 7.34. The second kappa shape index (κ2) is 7.63. The Labute approximate surface area is 99.1 Å². The summed E-state index contributed by atoms with van der Waals surface area (Å²) in [5.41, 5.74) is -0.167. The van der Waals surface area contributed by atoms with Gasteiger partial charge in [0, 0.05) is 18.7 Å². The van der Waals surface area contributed by atoms with E-state index >= 15 is 0 Å². The molecule has 0 bridgehead atoms. The van der Waals surface area contributed by atoms with Crippen LogP contribution in [-0.2, 0) is 9.53 Å². The van der Waals surface area contributed by atoms with Gasteiger partial charge in [-0.25, -0.2) is 0 Å². The Bertz CT molecular complexity index is 201. The lowest BCUT2D eigenvalue weighted by Crippen LogP contribution is -2.49. The van der Waals surface area contributed by atoms with Gasteiger partial charge in [-0.3, -0.25) is 4.79 Å². The monoisotopic (exact) mass is 230 g/mol. The molecule has 0 aliphatic rings. The number of nitrogens with one attached hydrogen (secondary N) is 2. The van der Waals surface area contributed by atoms with Crippen LogP contribution in [0.15, 0.2) is 0 Å². The average Bonchev–Trinajstić information content (AvgIpc) is 2.23. The molecular weight excluding hydrogens is 204 g/mol. The van der Waals surface area contributed by atoms with E-state index in [2.05, 4.69) is 24.5 Å². The fraction of sp³-hybridized carbons (Fsp3) is 0.917. The minimum absolute atomic E-state index is 0.0536. The Balaban J connectivity index is 3.88. The van der Waals surface area contributed by atoms with Crippen molar-refractivity contribution in [3.05, 3.63) is 0 Å². The second-order valence-electron chi connectivity index (χ2n) is 4.75. The molecule has 16 heavy (non-hydrogen) atoms. The van der Waals surface area contributed by atoms with Crippen molar-refractivity contribution in [3.8, 4) is 0 Å². The SMILES string of the molecule is CCC(CC)NC(=O)CNC(C)(C)COC. The molecule has 0 radical (unpaired) electrons. The average molecular weight is 230 g/mol. The first-order valence-corrected chi connectivity index (χ1v) is 5.98. The summed E-state index contributed by atoms with van der Waals surface area (Å²) in [5, 5.41) is 6.16. The van der Waals surface area contributed by atoms with Crippen LogP contribution < -0.4 is 10.6 Å². The van der Waals surface area contributed by atoms with E-state index in [1.165, 1.54) is 0 Å². The van der Waals surface area contributed by atoms with E-state index in [-0.39, 0.29) is 11.4 Å². The largest absolute Gasteiger partial charge is 0.383 e. The van der Waals surface area contributed by atoms with E-state index in [0.29, 0.717) is 19.2 Å². The van der Waals surface area contributed by atoms with E-state index in [4.69, 9.17) is 4.74 Å². The van der Waals surface area contributed by atoms with Crippen molar-refractivity contribution in [1.29, 1.82) is 0 Å². The smallest absolute Gasteiger partial charge is 0.234 e. The molecule has 2 N–H and O–H groups in total. The summed E-state index contributed by atoms with van der Waals surface area (Å²) in [7, 11) is 1.66. The van der Waals surface area contributed by atoms with Gasteiger partial charge >= 0.3 is 0 Å². The lowest BCUT2D eigenvalue weighted by molar-refractivity contribution is -0.121. The van der Waals surface area contributed by atoms with Crippen LogP contribution in [0.5, 0.6) is 0 Å². The fourth-order valence-electron chi connectivity index (χ4n) is 1.50. The van der Waals surface area contributed by atoms with Gasteiger partial charge in [0.2, 0.25) is 5.91 Å². The molecule has 0 saturated heterocycles. The molecule has 0 fully saturated rings. The fourth-order valence-corrected chi connectivity index (χ4v) is 1.50. The van der Waals surface area contributed by atoms with Crippen LogP contribution in [0.2, 0.25) is 0 Å². The minimum Gasteiger partial charge on any atom is -0.383 e. The third-order valence-corrected chi connectivity index (χ3v) is 2.58. The maximum Gasteiger partial charge on any atom is 0.234 e. The zero-order valence-electron chi connectivity index (χ0n) is 11.2. The van der Waals surface area contributed by atoms with Crippen molar-refractivity contribution in [1.82, 2.24) is 10.6 Å². The quantitative estimate of drug-likeness (QED) is 0.661. The van der Waals surface area contributed by atoms with Gasteiger partial charge in [0.25, 0.3) is 0 Å². The summed E-state index contributed by atoms with van der Waals surface area (Å²) < 4.78 is 5.07. The Morgan fingerprint density at radius 3 is 2.31 bits per heavy atom. The second-order valence-corrected chi connectivity index (χ2v) is 4.75. The molecule has 0 rings (SSSR count). The van der Waals surface area contributed by atoms with Gasteiger partial charge < -0.3 is 15.4 Å². The van der Waals surface area contributed by atoms with Crippen LogP contribution in [0.1, 0.15) is 40.5 Å². The summed E-state index contributed by atoms with van der Waals surface area (Å²) in [6.45, 7) is 9.12. The number of carbonyl (C=O) groups excluding carboxylic acids is 1. The van der Waals surface area contributed by atoms with Gasteiger partial charge in [0.15, 0.2) is 0 Å². The highest BCUT2D eigenvalue weighted by Gasteiger charge is 2.18. The molecule has 0 atom stereocenters. The van der Waals surface area contributed by atoms with Crippen molar-refractivity contribution < 1.29 is 9.53 Å². The molecule has 0 aromatic carbocycles. The van der Waals surface area contributed by atoms with Gasteiger partial charge in [-0.2, -0.15) is 0 Å². The summed E-state index contributed by atoms with van der Waals surface area (Å²) in [6.07, 6.45) is 1.95. The first-order chi connectivity index (χ1) is 7.45. The first-order valence-electron chi connectivity index (χ1n) is 5.98. The third-order valence-electron chi connectivity index (χ3n) is 2.58. The molecule has 0 heterocycles.